The Morgan fingerprint density at radius 1 is 0.950 bits per heavy atom. The van der Waals surface area contributed by atoms with Crippen LogP contribution >= 0.6 is 0 Å². The van der Waals surface area contributed by atoms with Crippen LogP contribution in [-0.2, 0) is 25.7 Å². The highest BCUT2D eigenvalue weighted by Gasteiger charge is 2.30. The summed E-state index contributed by atoms with van der Waals surface area (Å²) in [5.74, 6) is 0.217. The van der Waals surface area contributed by atoms with Crippen molar-refractivity contribution in [3.63, 3.8) is 0 Å². The average Bonchev–Trinajstić information content (AvgIpc) is 2.93. The number of rotatable bonds is 6. The van der Waals surface area contributed by atoms with E-state index in [1.807, 2.05) is 18.2 Å². The van der Waals surface area contributed by atoms with Crippen molar-refractivity contribution in [3.05, 3.63) is 123 Å². The lowest BCUT2D eigenvalue weighted by Gasteiger charge is -2.29. The van der Waals surface area contributed by atoms with Gasteiger partial charge in [0, 0.05) is 43.0 Å². The molecule has 0 bridgehead atoms. The minimum Gasteiger partial charge on any atom is -0.409 e. The van der Waals surface area contributed by atoms with Crippen molar-refractivity contribution in [2.24, 2.45) is 0 Å². The second-order valence-corrected chi connectivity index (χ2v) is 9.46. The number of hydrogen-bond donors (Lipinski definition) is 1. The molecule has 10 heteroatoms. The lowest BCUT2D eigenvalue weighted by Crippen LogP contribution is -2.30. The maximum Gasteiger partial charge on any atom is 0.417 e. The molecule has 1 heterocycles. The highest BCUT2D eigenvalue weighted by molar-refractivity contribution is 5.88. The maximum absolute atomic E-state index is 12.9. The number of anilines is 1. The van der Waals surface area contributed by atoms with E-state index in [2.05, 4.69) is 10.2 Å². The molecule has 40 heavy (non-hydrogen) atoms. The van der Waals surface area contributed by atoms with Crippen molar-refractivity contribution in [1.82, 2.24) is 4.90 Å². The Kier molecular flexibility index (Phi) is 7.52. The fourth-order valence-electron chi connectivity index (χ4n) is 4.73. The molecule has 0 atom stereocenters. The summed E-state index contributed by atoms with van der Waals surface area (Å²) in [5, 5.41) is 13.8. The van der Waals surface area contributed by atoms with Crippen LogP contribution < -0.4 is 10.1 Å². The number of para-hydroxylation sites is 1. The number of carbonyl (C=O) groups excluding carboxylic acids is 1. The van der Waals surface area contributed by atoms with Crippen LogP contribution in [0.2, 0.25) is 0 Å². The first-order chi connectivity index (χ1) is 19.2. The number of benzene rings is 4. The molecular weight excluding hydrogens is 523 g/mol. The Hall–Kier alpha value is -4.70. The molecule has 0 spiro atoms. The number of halogens is 3. The first kappa shape index (κ1) is 26.9. The predicted molar refractivity (Wildman–Crippen MR) is 144 cm³/mol. The summed E-state index contributed by atoms with van der Waals surface area (Å²) in [4.78, 5) is 25.6. The van der Waals surface area contributed by atoms with E-state index < -0.39 is 22.8 Å². The van der Waals surface area contributed by atoms with Crippen LogP contribution in [0.25, 0.3) is 11.1 Å². The molecule has 4 aromatic rings. The number of nitro groups is 1. The summed E-state index contributed by atoms with van der Waals surface area (Å²) in [6, 6.07) is 23.5. The number of hydrogen-bond acceptors (Lipinski definition) is 5. The third-order valence-electron chi connectivity index (χ3n) is 6.68. The second kappa shape index (κ2) is 11.2. The highest BCUT2D eigenvalue weighted by Crippen LogP contribution is 2.34. The number of amides is 1. The van der Waals surface area contributed by atoms with E-state index in [-0.39, 0.29) is 11.4 Å². The van der Waals surface area contributed by atoms with Crippen LogP contribution in [0, 0.1) is 10.1 Å². The molecule has 0 aromatic heterocycles. The molecule has 0 saturated heterocycles. The summed E-state index contributed by atoms with van der Waals surface area (Å²) in [7, 11) is 0. The molecule has 5 rings (SSSR count). The smallest absolute Gasteiger partial charge is 0.409 e. The second-order valence-electron chi connectivity index (χ2n) is 9.46. The molecule has 1 N–H and O–H groups in total. The van der Waals surface area contributed by atoms with Crippen molar-refractivity contribution < 1.29 is 27.6 Å². The van der Waals surface area contributed by atoms with Gasteiger partial charge in [0.2, 0.25) is 0 Å². The van der Waals surface area contributed by atoms with Gasteiger partial charge in [-0.3, -0.25) is 20.3 Å². The molecular formula is C30H24F3N3O4. The van der Waals surface area contributed by atoms with Crippen molar-refractivity contribution in [2.45, 2.75) is 25.7 Å². The van der Waals surface area contributed by atoms with Gasteiger partial charge in [-0.25, -0.2) is 4.79 Å². The number of non-ortho nitro benzene ring substituents is 1. The summed E-state index contributed by atoms with van der Waals surface area (Å²) >= 11 is 0. The maximum atomic E-state index is 12.9. The van der Waals surface area contributed by atoms with E-state index in [0.29, 0.717) is 29.9 Å². The third-order valence-corrected chi connectivity index (χ3v) is 6.68. The molecule has 1 aliphatic heterocycles. The molecule has 1 amide bonds. The molecule has 204 valence electrons. The summed E-state index contributed by atoms with van der Waals surface area (Å²) in [6.45, 7) is 2.01. The fraction of sp³-hybridized carbons (Fsp3) is 0.167. The SMILES string of the molecule is O=C(Nc1ccc2c(c1)CCN(Cc1cccc([N+](=O)[O-])c1)C2)Oc1ccccc1-c1ccc(C(F)(F)F)cc1. The number of nitro benzene ring substituents is 1. The number of nitrogens with zero attached hydrogens (tertiary/aromatic N) is 2. The number of fused-ring (bicyclic) bond motifs is 1. The third kappa shape index (κ3) is 6.29. The molecule has 0 fully saturated rings. The summed E-state index contributed by atoms with van der Waals surface area (Å²) in [5.41, 5.74) is 3.90. The minimum atomic E-state index is -4.44. The van der Waals surface area contributed by atoms with Crippen molar-refractivity contribution in [1.29, 1.82) is 0 Å². The Morgan fingerprint density at radius 3 is 2.48 bits per heavy atom. The largest absolute Gasteiger partial charge is 0.417 e. The van der Waals surface area contributed by atoms with E-state index in [1.54, 1.807) is 42.5 Å². The van der Waals surface area contributed by atoms with E-state index in [1.165, 1.54) is 18.2 Å². The minimum absolute atomic E-state index is 0.0690. The van der Waals surface area contributed by atoms with E-state index >= 15 is 0 Å². The van der Waals surface area contributed by atoms with E-state index in [0.717, 1.165) is 41.8 Å². The normalized spacial score (nSPS) is 13.4. The highest BCUT2D eigenvalue weighted by atomic mass is 19.4. The number of alkyl halides is 3. The van der Waals surface area contributed by atoms with Gasteiger partial charge in [0.1, 0.15) is 5.75 Å². The van der Waals surface area contributed by atoms with Gasteiger partial charge in [-0.15, -0.1) is 0 Å². The van der Waals surface area contributed by atoms with Gasteiger partial charge in [0.15, 0.2) is 0 Å². The number of nitrogens with one attached hydrogen (secondary N) is 1. The monoisotopic (exact) mass is 547 g/mol. The molecule has 0 unspecified atom stereocenters. The molecule has 0 aliphatic carbocycles. The van der Waals surface area contributed by atoms with Crippen molar-refractivity contribution >= 4 is 17.5 Å². The predicted octanol–water partition coefficient (Wildman–Crippen LogP) is 7.45. The first-order valence-electron chi connectivity index (χ1n) is 12.5. The molecule has 4 aromatic carbocycles. The van der Waals surface area contributed by atoms with Crippen molar-refractivity contribution in [3.8, 4) is 16.9 Å². The number of ether oxygens (including phenoxy) is 1. The van der Waals surface area contributed by atoms with Gasteiger partial charge in [-0.2, -0.15) is 13.2 Å². The zero-order valence-corrected chi connectivity index (χ0v) is 21.1. The lowest BCUT2D eigenvalue weighted by atomic mass is 9.98. The quantitative estimate of drug-likeness (QED) is 0.200. The Bertz CT molecular complexity index is 1550. The average molecular weight is 548 g/mol. The standard InChI is InChI=1S/C30H24F3N3O4/c31-30(32,33)24-11-8-21(9-12-24)27-6-1-2-7-28(27)40-29(37)34-25-13-10-23-19-35(15-14-22(23)17-25)18-20-4-3-5-26(16-20)36(38)39/h1-13,16-17H,14-15,18-19H2,(H,34,37). The van der Waals surface area contributed by atoms with Crippen LogP contribution in [0.15, 0.2) is 91.0 Å². The van der Waals surface area contributed by atoms with Crippen LogP contribution in [0.4, 0.5) is 29.3 Å². The van der Waals surface area contributed by atoms with Crippen LogP contribution in [0.5, 0.6) is 5.75 Å². The topological polar surface area (TPSA) is 84.7 Å². The van der Waals surface area contributed by atoms with Gasteiger partial charge in [0.25, 0.3) is 5.69 Å². The number of carbonyl (C=O) groups is 1. The van der Waals surface area contributed by atoms with Crippen LogP contribution in [-0.4, -0.2) is 22.5 Å². The molecule has 1 aliphatic rings. The van der Waals surface area contributed by atoms with Gasteiger partial charge in [-0.05, 0) is 59.0 Å². The van der Waals surface area contributed by atoms with Gasteiger partial charge >= 0.3 is 12.3 Å². The Morgan fingerprint density at radius 2 is 1.73 bits per heavy atom. The van der Waals surface area contributed by atoms with E-state index in [4.69, 9.17) is 4.74 Å². The van der Waals surface area contributed by atoms with Gasteiger partial charge in [0.05, 0.1) is 10.5 Å². The molecule has 7 nitrogen and oxygen atoms in total. The zero-order chi connectivity index (χ0) is 28.3. The lowest BCUT2D eigenvalue weighted by molar-refractivity contribution is -0.384. The Labute approximate surface area is 228 Å². The Balaban J connectivity index is 1.23. The fourth-order valence-corrected chi connectivity index (χ4v) is 4.73. The molecule has 0 saturated carbocycles. The summed E-state index contributed by atoms with van der Waals surface area (Å²) in [6.07, 6.45) is -4.42. The van der Waals surface area contributed by atoms with Gasteiger partial charge in [-0.1, -0.05) is 48.5 Å². The molecule has 0 radical (unpaired) electrons. The zero-order valence-electron chi connectivity index (χ0n) is 21.1. The van der Waals surface area contributed by atoms with Crippen LogP contribution in [0.1, 0.15) is 22.3 Å². The summed E-state index contributed by atoms with van der Waals surface area (Å²) < 4.78 is 44.3. The van der Waals surface area contributed by atoms with Gasteiger partial charge < -0.3 is 4.74 Å². The van der Waals surface area contributed by atoms with Crippen molar-refractivity contribution in [2.75, 3.05) is 11.9 Å². The van der Waals surface area contributed by atoms with Crippen LogP contribution in [0.3, 0.4) is 0 Å². The van der Waals surface area contributed by atoms with E-state index in [9.17, 15) is 28.1 Å². The first-order valence-corrected chi connectivity index (χ1v) is 12.5.